The van der Waals surface area contributed by atoms with Gasteiger partial charge in [-0.3, -0.25) is 4.90 Å². The van der Waals surface area contributed by atoms with Crippen molar-refractivity contribution < 1.29 is 4.52 Å². The standard InChI is InChI=1S/C20H30N4O/c1-15(2)20-11-18(22-25-20)19-9-6-10-23(19)13-17-12-21-14-24(17)16-7-4-3-5-8-16/h11-12,14-16,19H,3-10,13H2,1-2H3. The predicted octanol–water partition coefficient (Wildman–Crippen LogP) is 4.84. The average Bonchev–Trinajstić information content (AvgIpc) is 3.36. The van der Waals surface area contributed by atoms with E-state index in [2.05, 4.69) is 45.7 Å². The molecule has 25 heavy (non-hydrogen) atoms. The highest BCUT2D eigenvalue weighted by Crippen LogP contribution is 2.35. The predicted molar refractivity (Wildman–Crippen MR) is 97.3 cm³/mol. The lowest BCUT2D eigenvalue weighted by molar-refractivity contribution is 0.225. The maximum atomic E-state index is 5.55. The van der Waals surface area contributed by atoms with Crippen LogP contribution in [0, 0.1) is 0 Å². The van der Waals surface area contributed by atoms with E-state index in [0.29, 0.717) is 18.0 Å². The van der Waals surface area contributed by atoms with Crippen LogP contribution in [0.4, 0.5) is 0 Å². The molecular weight excluding hydrogens is 312 g/mol. The van der Waals surface area contributed by atoms with E-state index < -0.39 is 0 Å². The minimum absolute atomic E-state index is 0.381. The smallest absolute Gasteiger partial charge is 0.139 e. The van der Waals surface area contributed by atoms with Crippen molar-refractivity contribution in [3.05, 3.63) is 35.7 Å². The molecule has 1 saturated carbocycles. The van der Waals surface area contributed by atoms with Crippen LogP contribution >= 0.6 is 0 Å². The monoisotopic (exact) mass is 342 g/mol. The van der Waals surface area contributed by atoms with E-state index >= 15 is 0 Å². The lowest BCUT2D eigenvalue weighted by Gasteiger charge is -2.27. The number of nitrogens with zero attached hydrogens (tertiary/aromatic N) is 4. The zero-order valence-corrected chi connectivity index (χ0v) is 15.5. The summed E-state index contributed by atoms with van der Waals surface area (Å²) < 4.78 is 7.99. The molecule has 136 valence electrons. The highest BCUT2D eigenvalue weighted by atomic mass is 16.5. The third-order valence-electron chi connectivity index (χ3n) is 5.90. The van der Waals surface area contributed by atoms with Gasteiger partial charge in [-0.1, -0.05) is 38.3 Å². The summed E-state index contributed by atoms with van der Waals surface area (Å²) in [6, 6.07) is 3.18. The summed E-state index contributed by atoms with van der Waals surface area (Å²) in [6.45, 7) is 6.40. The Labute approximate surface area is 150 Å². The molecule has 2 aromatic rings. The van der Waals surface area contributed by atoms with E-state index in [9.17, 15) is 0 Å². The lowest BCUT2D eigenvalue weighted by atomic mass is 9.95. The van der Waals surface area contributed by atoms with Crippen LogP contribution in [0.25, 0.3) is 0 Å². The number of imidazole rings is 1. The lowest BCUT2D eigenvalue weighted by Crippen LogP contribution is -2.25. The molecule has 2 aromatic heterocycles. The molecule has 2 fully saturated rings. The van der Waals surface area contributed by atoms with Crippen molar-refractivity contribution in [2.24, 2.45) is 0 Å². The number of rotatable bonds is 5. The fourth-order valence-corrected chi connectivity index (χ4v) is 4.43. The van der Waals surface area contributed by atoms with Crippen LogP contribution in [0.2, 0.25) is 0 Å². The van der Waals surface area contributed by atoms with Gasteiger partial charge in [-0.15, -0.1) is 0 Å². The minimum atomic E-state index is 0.381. The number of aromatic nitrogens is 3. The third kappa shape index (κ3) is 3.52. The molecule has 0 N–H and O–H groups in total. The van der Waals surface area contributed by atoms with E-state index in [1.807, 2.05) is 6.33 Å². The fourth-order valence-electron chi connectivity index (χ4n) is 4.43. The molecular formula is C20H30N4O. The molecule has 4 rings (SSSR count). The Balaban J connectivity index is 1.49. The first-order chi connectivity index (χ1) is 12.2. The van der Waals surface area contributed by atoms with Crippen LogP contribution in [0.15, 0.2) is 23.1 Å². The number of likely N-dealkylation sites (tertiary alicyclic amines) is 1. The second kappa shape index (κ2) is 7.32. The van der Waals surface area contributed by atoms with Crippen molar-refractivity contribution in [3.8, 4) is 0 Å². The van der Waals surface area contributed by atoms with Crippen LogP contribution in [-0.2, 0) is 6.54 Å². The molecule has 1 saturated heterocycles. The van der Waals surface area contributed by atoms with Crippen LogP contribution in [0.1, 0.15) is 93.9 Å². The van der Waals surface area contributed by atoms with Crippen molar-refractivity contribution in [3.63, 3.8) is 0 Å². The first-order valence-electron chi connectivity index (χ1n) is 9.93. The normalized spacial score (nSPS) is 22.9. The highest BCUT2D eigenvalue weighted by Gasteiger charge is 2.30. The molecule has 1 aliphatic heterocycles. The van der Waals surface area contributed by atoms with E-state index in [0.717, 1.165) is 24.5 Å². The van der Waals surface area contributed by atoms with Gasteiger partial charge < -0.3 is 9.09 Å². The van der Waals surface area contributed by atoms with Crippen molar-refractivity contribution in [2.75, 3.05) is 6.54 Å². The third-order valence-corrected chi connectivity index (χ3v) is 5.90. The molecule has 5 nitrogen and oxygen atoms in total. The second-order valence-corrected chi connectivity index (χ2v) is 8.02. The van der Waals surface area contributed by atoms with Crippen LogP contribution < -0.4 is 0 Å². The van der Waals surface area contributed by atoms with Gasteiger partial charge in [0.05, 0.1) is 18.1 Å². The molecule has 2 aliphatic rings. The quantitative estimate of drug-likeness (QED) is 0.780. The van der Waals surface area contributed by atoms with Crippen LogP contribution in [0.3, 0.4) is 0 Å². The van der Waals surface area contributed by atoms with Crippen LogP contribution in [0.5, 0.6) is 0 Å². The van der Waals surface area contributed by atoms with Gasteiger partial charge in [0.2, 0.25) is 0 Å². The first-order valence-corrected chi connectivity index (χ1v) is 9.93. The van der Waals surface area contributed by atoms with Crippen molar-refractivity contribution >= 4 is 0 Å². The van der Waals surface area contributed by atoms with E-state index in [4.69, 9.17) is 4.52 Å². The summed E-state index contributed by atoms with van der Waals surface area (Å²) in [5.41, 5.74) is 2.45. The largest absolute Gasteiger partial charge is 0.361 e. The molecule has 3 heterocycles. The van der Waals surface area contributed by atoms with Gasteiger partial charge in [-0.25, -0.2) is 4.98 Å². The molecule has 0 spiro atoms. The Hall–Kier alpha value is -1.62. The summed E-state index contributed by atoms with van der Waals surface area (Å²) in [5, 5.41) is 4.37. The van der Waals surface area contributed by atoms with Gasteiger partial charge >= 0.3 is 0 Å². The van der Waals surface area contributed by atoms with Crippen LogP contribution in [-0.4, -0.2) is 26.2 Å². The minimum Gasteiger partial charge on any atom is -0.361 e. The van der Waals surface area contributed by atoms with Gasteiger partial charge in [0, 0.05) is 30.8 Å². The zero-order valence-electron chi connectivity index (χ0n) is 15.5. The Morgan fingerprint density at radius 3 is 2.76 bits per heavy atom. The summed E-state index contributed by atoms with van der Waals surface area (Å²) in [4.78, 5) is 7.02. The molecule has 1 aliphatic carbocycles. The Morgan fingerprint density at radius 2 is 2.00 bits per heavy atom. The topological polar surface area (TPSA) is 47.1 Å². The Morgan fingerprint density at radius 1 is 1.16 bits per heavy atom. The summed E-state index contributed by atoms with van der Waals surface area (Å²) in [5.74, 6) is 1.39. The Bertz CT molecular complexity index is 683. The average molecular weight is 342 g/mol. The SMILES string of the molecule is CC(C)c1cc(C2CCCN2Cc2cncn2C2CCCCC2)no1. The maximum Gasteiger partial charge on any atom is 0.139 e. The van der Waals surface area contributed by atoms with Crippen molar-refractivity contribution in [1.29, 1.82) is 0 Å². The molecule has 1 atom stereocenters. The summed E-state index contributed by atoms with van der Waals surface area (Å²) in [7, 11) is 0. The van der Waals surface area contributed by atoms with Gasteiger partial charge in [0.1, 0.15) is 11.5 Å². The Kier molecular flexibility index (Phi) is 4.93. The zero-order chi connectivity index (χ0) is 17.2. The number of hydrogen-bond acceptors (Lipinski definition) is 4. The van der Waals surface area contributed by atoms with Crippen molar-refractivity contribution in [1.82, 2.24) is 19.6 Å². The molecule has 0 bridgehead atoms. The maximum absolute atomic E-state index is 5.55. The molecule has 0 radical (unpaired) electrons. The molecule has 0 amide bonds. The summed E-state index contributed by atoms with van der Waals surface area (Å²) >= 11 is 0. The van der Waals surface area contributed by atoms with Gasteiger partial charge in [0.15, 0.2) is 0 Å². The van der Waals surface area contributed by atoms with E-state index in [1.165, 1.54) is 50.6 Å². The molecule has 1 unspecified atom stereocenters. The van der Waals surface area contributed by atoms with Gasteiger partial charge in [0.25, 0.3) is 0 Å². The summed E-state index contributed by atoms with van der Waals surface area (Å²) in [6.07, 6.45) is 13.2. The highest BCUT2D eigenvalue weighted by molar-refractivity contribution is 5.14. The van der Waals surface area contributed by atoms with Crippen molar-refractivity contribution in [2.45, 2.75) is 83.3 Å². The second-order valence-electron chi connectivity index (χ2n) is 8.02. The fraction of sp³-hybridized carbons (Fsp3) is 0.700. The van der Waals surface area contributed by atoms with Gasteiger partial charge in [-0.05, 0) is 32.2 Å². The van der Waals surface area contributed by atoms with E-state index in [-0.39, 0.29) is 0 Å². The van der Waals surface area contributed by atoms with E-state index in [1.54, 1.807) is 0 Å². The molecule has 5 heteroatoms. The number of hydrogen-bond donors (Lipinski definition) is 0. The van der Waals surface area contributed by atoms with Gasteiger partial charge in [-0.2, -0.15) is 0 Å². The first kappa shape index (κ1) is 16.8. The molecule has 0 aromatic carbocycles.